The first-order chi connectivity index (χ1) is 15.6. The Hall–Kier alpha value is -3.71. The Kier molecular flexibility index (Phi) is 5.91. The first-order valence-corrected chi connectivity index (χ1v) is 11.1. The van der Waals surface area contributed by atoms with E-state index in [4.69, 9.17) is 11.6 Å². The summed E-state index contributed by atoms with van der Waals surface area (Å²) in [6.07, 6.45) is -1.66. The molecule has 0 saturated carbocycles. The van der Waals surface area contributed by atoms with Crippen molar-refractivity contribution < 1.29 is 22.0 Å². The lowest BCUT2D eigenvalue weighted by atomic mass is 10.2. The van der Waals surface area contributed by atoms with Gasteiger partial charge >= 0.3 is 0 Å². The zero-order valence-electron chi connectivity index (χ0n) is 16.7. The third-order valence-electron chi connectivity index (χ3n) is 4.39. The third kappa shape index (κ3) is 4.73. The number of sulfonamides is 1. The maximum atomic E-state index is 13.3. The molecule has 4 rings (SSSR count). The molecule has 0 radical (unpaired) electrons. The van der Waals surface area contributed by atoms with Crippen LogP contribution >= 0.6 is 11.6 Å². The van der Waals surface area contributed by atoms with Crippen LogP contribution in [0.2, 0.25) is 5.15 Å². The summed E-state index contributed by atoms with van der Waals surface area (Å²) in [5, 5.41) is 13.7. The molecule has 0 aliphatic heterocycles. The Bertz CT molecular complexity index is 1440. The topological polar surface area (TPSA) is 131 Å². The first kappa shape index (κ1) is 22.5. The fourth-order valence-corrected chi connectivity index (χ4v) is 4.01. The summed E-state index contributed by atoms with van der Waals surface area (Å²) < 4.78 is 54.7. The van der Waals surface area contributed by atoms with Gasteiger partial charge in [0.2, 0.25) is 0 Å². The Balaban J connectivity index is 1.53. The Morgan fingerprint density at radius 1 is 1.12 bits per heavy atom. The van der Waals surface area contributed by atoms with E-state index in [1.165, 1.54) is 49.4 Å². The van der Waals surface area contributed by atoms with Crippen molar-refractivity contribution >= 4 is 44.7 Å². The largest absolute Gasteiger partial charge is 0.322 e. The van der Waals surface area contributed by atoms with E-state index in [2.05, 4.69) is 30.3 Å². The number of alkyl halides is 2. The molecule has 0 atom stereocenters. The molecule has 33 heavy (non-hydrogen) atoms. The highest BCUT2D eigenvalue weighted by Crippen LogP contribution is 2.23. The van der Waals surface area contributed by atoms with Crippen molar-refractivity contribution in [1.29, 1.82) is 0 Å². The Labute approximate surface area is 190 Å². The summed E-state index contributed by atoms with van der Waals surface area (Å²) in [5.41, 5.74) is 0.158. The van der Waals surface area contributed by atoms with Gasteiger partial charge in [0.15, 0.2) is 16.6 Å². The summed E-state index contributed by atoms with van der Waals surface area (Å²) in [6.45, 7) is 1.53. The number of anilines is 2. The van der Waals surface area contributed by atoms with Crippen LogP contribution in [0.15, 0.2) is 53.6 Å². The zero-order chi connectivity index (χ0) is 23.8. The molecular weight excluding hydrogens is 480 g/mol. The normalized spacial score (nSPS) is 11.7. The van der Waals surface area contributed by atoms with Crippen LogP contribution in [-0.2, 0) is 10.0 Å². The van der Waals surface area contributed by atoms with Crippen LogP contribution in [-0.4, -0.2) is 39.1 Å². The molecule has 4 aromatic rings. The number of amides is 1. The molecule has 14 heteroatoms. The van der Waals surface area contributed by atoms with Crippen molar-refractivity contribution in [1.82, 2.24) is 24.8 Å². The quantitative estimate of drug-likeness (QED) is 0.420. The number of carbonyl (C=O) groups is 1. The molecule has 10 nitrogen and oxygen atoms in total. The van der Waals surface area contributed by atoms with Crippen molar-refractivity contribution in [3.63, 3.8) is 0 Å². The van der Waals surface area contributed by atoms with Crippen LogP contribution in [0.3, 0.4) is 0 Å². The minimum absolute atomic E-state index is 0.0136. The van der Waals surface area contributed by atoms with E-state index >= 15 is 0 Å². The van der Waals surface area contributed by atoms with Crippen LogP contribution in [0.1, 0.15) is 28.2 Å². The molecule has 2 N–H and O–H groups in total. The van der Waals surface area contributed by atoms with Crippen LogP contribution in [0.5, 0.6) is 0 Å². The van der Waals surface area contributed by atoms with Gasteiger partial charge in [0.25, 0.3) is 22.4 Å². The van der Waals surface area contributed by atoms with Gasteiger partial charge in [-0.1, -0.05) is 11.6 Å². The lowest BCUT2D eigenvalue weighted by Gasteiger charge is -2.09. The average molecular weight is 494 g/mol. The fraction of sp³-hybridized carbons (Fsp3) is 0.105. The van der Waals surface area contributed by atoms with Crippen molar-refractivity contribution in [2.45, 2.75) is 18.2 Å². The molecule has 1 aromatic carbocycles. The predicted octanol–water partition coefficient (Wildman–Crippen LogP) is 3.47. The number of hydrogen-bond acceptors (Lipinski definition) is 7. The summed E-state index contributed by atoms with van der Waals surface area (Å²) in [7, 11) is -3.96. The lowest BCUT2D eigenvalue weighted by molar-refractivity contribution is 0.102. The summed E-state index contributed by atoms with van der Waals surface area (Å²) in [4.78, 5) is 16.7. The van der Waals surface area contributed by atoms with Gasteiger partial charge in [-0.05, 0) is 49.4 Å². The second kappa shape index (κ2) is 8.67. The Morgan fingerprint density at radius 2 is 1.85 bits per heavy atom. The van der Waals surface area contributed by atoms with E-state index in [0.29, 0.717) is 5.69 Å². The minimum Gasteiger partial charge on any atom is -0.322 e. The van der Waals surface area contributed by atoms with Crippen molar-refractivity contribution in [3.05, 3.63) is 70.8 Å². The maximum Gasteiger partial charge on any atom is 0.280 e. The van der Waals surface area contributed by atoms with E-state index in [0.717, 1.165) is 10.7 Å². The standard InChI is InChI=1S/C19H14ClF2N7O3S/c1-10-8-14(17(21)22)29-18(24-10)13(9-23-29)19(30)25-11-2-4-12(5-3-11)33(31,32)28-16-7-6-15(20)26-27-16/h2-9,17H,1H3,(H,25,30)(H,27,28). The molecule has 0 aliphatic carbocycles. The molecule has 3 aromatic heterocycles. The van der Waals surface area contributed by atoms with Crippen LogP contribution < -0.4 is 10.0 Å². The van der Waals surface area contributed by atoms with Gasteiger partial charge in [-0.25, -0.2) is 26.7 Å². The number of aromatic nitrogens is 5. The predicted molar refractivity (Wildman–Crippen MR) is 115 cm³/mol. The van der Waals surface area contributed by atoms with E-state index in [1.807, 2.05) is 0 Å². The van der Waals surface area contributed by atoms with Gasteiger partial charge in [0.1, 0.15) is 11.3 Å². The minimum atomic E-state index is -3.96. The SMILES string of the molecule is Cc1cc(C(F)F)n2ncc(C(=O)Nc3ccc(S(=O)(=O)Nc4ccc(Cl)nn4)cc3)c2n1. The molecule has 0 saturated heterocycles. The van der Waals surface area contributed by atoms with Gasteiger partial charge in [0, 0.05) is 11.4 Å². The summed E-state index contributed by atoms with van der Waals surface area (Å²) >= 11 is 5.63. The number of aryl methyl sites for hydroxylation is 1. The second-order valence-corrected chi connectivity index (χ2v) is 8.81. The maximum absolute atomic E-state index is 13.3. The first-order valence-electron chi connectivity index (χ1n) is 9.21. The van der Waals surface area contributed by atoms with Crippen LogP contribution in [0.25, 0.3) is 5.65 Å². The second-order valence-electron chi connectivity index (χ2n) is 6.74. The van der Waals surface area contributed by atoms with Gasteiger partial charge in [-0.2, -0.15) is 5.10 Å². The molecule has 1 amide bonds. The van der Waals surface area contributed by atoms with Gasteiger partial charge in [-0.15, -0.1) is 10.2 Å². The summed E-state index contributed by atoms with van der Waals surface area (Å²) in [6, 6.07) is 9.21. The number of hydrogen-bond donors (Lipinski definition) is 2. The highest BCUT2D eigenvalue weighted by Gasteiger charge is 2.21. The Morgan fingerprint density at radius 3 is 2.48 bits per heavy atom. The van der Waals surface area contributed by atoms with E-state index in [9.17, 15) is 22.0 Å². The number of halogens is 3. The van der Waals surface area contributed by atoms with Crippen LogP contribution in [0.4, 0.5) is 20.3 Å². The number of nitrogens with one attached hydrogen (secondary N) is 2. The molecule has 0 fully saturated rings. The monoisotopic (exact) mass is 493 g/mol. The highest BCUT2D eigenvalue weighted by molar-refractivity contribution is 7.92. The number of carbonyl (C=O) groups excluding carboxylic acids is 1. The number of rotatable bonds is 6. The van der Waals surface area contributed by atoms with Crippen LogP contribution in [0, 0.1) is 6.92 Å². The van der Waals surface area contributed by atoms with Gasteiger partial charge in [0.05, 0.1) is 11.1 Å². The molecule has 3 heterocycles. The number of nitrogens with zero attached hydrogens (tertiary/aromatic N) is 5. The number of fused-ring (bicyclic) bond motifs is 1. The third-order valence-corrected chi connectivity index (χ3v) is 5.96. The summed E-state index contributed by atoms with van der Waals surface area (Å²) in [5.74, 6) is -0.663. The number of benzene rings is 1. The zero-order valence-corrected chi connectivity index (χ0v) is 18.3. The molecule has 0 bridgehead atoms. The molecule has 0 aliphatic rings. The molecule has 0 spiro atoms. The lowest BCUT2D eigenvalue weighted by Crippen LogP contribution is -2.15. The van der Waals surface area contributed by atoms with Crippen molar-refractivity contribution in [2.75, 3.05) is 10.0 Å². The average Bonchev–Trinajstić information content (AvgIpc) is 3.18. The fourth-order valence-electron chi connectivity index (χ4n) is 2.91. The molecule has 170 valence electrons. The van der Waals surface area contributed by atoms with Gasteiger partial charge in [-0.3, -0.25) is 9.52 Å². The smallest absolute Gasteiger partial charge is 0.280 e. The molecular formula is C19H14ClF2N7O3S. The van der Waals surface area contributed by atoms with E-state index in [-0.39, 0.29) is 38.5 Å². The highest BCUT2D eigenvalue weighted by atomic mass is 35.5. The van der Waals surface area contributed by atoms with Gasteiger partial charge < -0.3 is 5.32 Å². The van der Waals surface area contributed by atoms with Crippen molar-refractivity contribution in [2.24, 2.45) is 0 Å². The van der Waals surface area contributed by atoms with E-state index in [1.54, 1.807) is 0 Å². The molecule has 0 unspecified atom stereocenters. The van der Waals surface area contributed by atoms with Crippen molar-refractivity contribution in [3.8, 4) is 0 Å². The van der Waals surface area contributed by atoms with E-state index < -0.39 is 22.4 Å².